The van der Waals surface area contributed by atoms with Crippen LogP contribution < -0.4 is 0 Å². The van der Waals surface area contributed by atoms with Crippen LogP contribution in [0.25, 0.3) is 0 Å². The number of allylic oxidation sites excluding steroid dienone is 1. The first-order valence-corrected chi connectivity index (χ1v) is 7.59. The van der Waals surface area contributed by atoms with Gasteiger partial charge in [0.15, 0.2) is 0 Å². The average Bonchev–Trinajstić information content (AvgIpc) is 3.03. The van der Waals surface area contributed by atoms with Crippen LogP contribution in [0.3, 0.4) is 0 Å². The number of carbonyl (C=O) groups excluding carboxylic acids is 1. The summed E-state index contributed by atoms with van der Waals surface area (Å²) in [7, 11) is 1.41. The van der Waals surface area contributed by atoms with Gasteiger partial charge < -0.3 is 9.84 Å². The van der Waals surface area contributed by atoms with E-state index in [1.165, 1.54) is 12.7 Å². The number of benzene rings is 1. The van der Waals surface area contributed by atoms with Gasteiger partial charge in [0.05, 0.1) is 18.6 Å². The van der Waals surface area contributed by atoms with Crippen molar-refractivity contribution in [3.05, 3.63) is 48.6 Å². The lowest BCUT2D eigenvalue weighted by atomic mass is 9.75. The van der Waals surface area contributed by atoms with Gasteiger partial charge in [-0.1, -0.05) is 36.4 Å². The molecule has 0 aromatic heterocycles. The molecule has 3 heteroatoms. The van der Waals surface area contributed by atoms with Crippen LogP contribution in [-0.2, 0) is 9.53 Å². The lowest BCUT2D eigenvalue weighted by molar-refractivity contribution is -0.160. The molecule has 2 aliphatic rings. The SMILES string of the molecule is C=C[C@H]1C[C@@]2(C(=O)OC)[C@H](CC[C@@H]2O)[C@H]1c1ccccc1. The van der Waals surface area contributed by atoms with Crippen LogP contribution in [0, 0.1) is 17.3 Å². The third-order valence-electron chi connectivity index (χ3n) is 5.53. The normalized spacial score (nSPS) is 38.0. The van der Waals surface area contributed by atoms with Crippen molar-refractivity contribution >= 4 is 5.97 Å². The van der Waals surface area contributed by atoms with E-state index in [1.54, 1.807) is 0 Å². The van der Waals surface area contributed by atoms with Crippen molar-refractivity contribution in [1.82, 2.24) is 0 Å². The highest BCUT2D eigenvalue weighted by Gasteiger charge is 2.64. The lowest BCUT2D eigenvalue weighted by Crippen LogP contribution is -2.41. The topological polar surface area (TPSA) is 46.5 Å². The highest BCUT2D eigenvalue weighted by atomic mass is 16.5. The average molecular weight is 286 g/mol. The largest absolute Gasteiger partial charge is 0.469 e. The minimum absolute atomic E-state index is 0.130. The highest BCUT2D eigenvalue weighted by Crippen LogP contribution is 2.63. The Morgan fingerprint density at radius 3 is 2.71 bits per heavy atom. The Bertz CT molecular complexity index is 539. The summed E-state index contributed by atoms with van der Waals surface area (Å²) >= 11 is 0. The number of fused-ring (bicyclic) bond motifs is 1. The summed E-state index contributed by atoms with van der Waals surface area (Å²) in [6, 6.07) is 10.3. The van der Waals surface area contributed by atoms with Gasteiger partial charge in [0.25, 0.3) is 0 Å². The van der Waals surface area contributed by atoms with Crippen molar-refractivity contribution in [2.45, 2.75) is 31.3 Å². The van der Waals surface area contributed by atoms with Crippen LogP contribution in [0.5, 0.6) is 0 Å². The third-order valence-corrected chi connectivity index (χ3v) is 5.53. The maximum absolute atomic E-state index is 12.4. The summed E-state index contributed by atoms with van der Waals surface area (Å²) in [5, 5.41) is 10.5. The molecule has 0 amide bonds. The minimum Gasteiger partial charge on any atom is -0.469 e. The van der Waals surface area contributed by atoms with Gasteiger partial charge in [0.1, 0.15) is 0 Å². The molecule has 21 heavy (non-hydrogen) atoms. The Labute approximate surface area is 125 Å². The summed E-state index contributed by atoms with van der Waals surface area (Å²) < 4.78 is 5.05. The molecule has 0 aliphatic heterocycles. The summed E-state index contributed by atoms with van der Waals surface area (Å²) in [5.41, 5.74) is 0.473. The smallest absolute Gasteiger partial charge is 0.314 e. The number of carbonyl (C=O) groups is 1. The molecule has 1 aromatic carbocycles. The van der Waals surface area contributed by atoms with E-state index in [-0.39, 0.29) is 23.7 Å². The quantitative estimate of drug-likeness (QED) is 0.686. The molecular formula is C18H22O3. The molecule has 0 bridgehead atoms. The van der Waals surface area contributed by atoms with Crippen molar-refractivity contribution in [3.63, 3.8) is 0 Å². The Hall–Kier alpha value is -1.61. The van der Waals surface area contributed by atoms with Crippen LogP contribution >= 0.6 is 0 Å². The number of rotatable bonds is 3. The molecule has 1 N–H and O–H groups in total. The van der Waals surface area contributed by atoms with Crippen LogP contribution in [0.15, 0.2) is 43.0 Å². The Kier molecular flexibility index (Phi) is 3.62. The zero-order valence-electron chi connectivity index (χ0n) is 12.4. The van der Waals surface area contributed by atoms with Gasteiger partial charge >= 0.3 is 5.97 Å². The molecule has 0 unspecified atom stereocenters. The molecule has 2 aliphatic carbocycles. The van der Waals surface area contributed by atoms with E-state index in [9.17, 15) is 9.90 Å². The first-order chi connectivity index (χ1) is 10.1. The van der Waals surface area contributed by atoms with Crippen LogP contribution in [0.2, 0.25) is 0 Å². The van der Waals surface area contributed by atoms with E-state index < -0.39 is 11.5 Å². The Morgan fingerprint density at radius 1 is 1.38 bits per heavy atom. The van der Waals surface area contributed by atoms with Crippen molar-refractivity contribution in [2.75, 3.05) is 7.11 Å². The summed E-state index contributed by atoms with van der Waals surface area (Å²) in [6.07, 6.45) is 3.50. The van der Waals surface area contributed by atoms with Crippen molar-refractivity contribution in [2.24, 2.45) is 17.3 Å². The number of aliphatic hydroxyl groups is 1. The van der Waals surface area contributed by atoms with Crippen molar-refractivity contribution < 1.29 is 14.6 Å². The molecule has 0 saturated heterocycles. The number of methoxy groups -OCH3 is 1. The Balaban J connectivity index is 2.06. The lowest BCUT2D eigenvalue weighted by Gasteiger charge is -2.31. The molecular weight excluding hydrogens is 264 g/mol. The van der Waals surface area contributed by atoms with E-state index >= 15 is 0 Å². The maximum atomic E-state index is 12.4. The molecule has 0 spiro atoms. The van der Waals surface area contributed by atoms with Gasteiger partial charge in [-0.25, -0.2) is 0 Å². The second-order valence-electron chi connectivity index (χ2n) is 6.27. The molecule has 2 saturated carbocycles. The fourth-order valence-corrected chi connectivity index (χ4v) is 4.65. The van der Waals surface area contributed by atoms with Gasteiger partial charge in [0.2, 0.25) is 0 Å². The molecule has 2 fully saturated rings. The highest BCUT2D eigenvalue weighted by molar-refractivity contribution is 5.79. The van der Waals surface area contributed by atoms with Gasteiger partial charge in [-0.15, -0.1) is 6.58 Å². The summed E-state index contributed by atoms with van der Waals surface area (Å²) in [5.74, 6) is 0.305. The number of ether oxygens (including phenoxy) is 1. The second kappa shape index (κ2) is 5.30. The first-order valence-electron chi connectivity index (χ1n) is 7.59. The van der Waals surface area contributed by atoms with Gasteiger partial charge in [-0.2, -0.15) is 0 Å². The zero-order chi connectivity index (χ0) is 15.0. The molecule has 1 aromatic rings. The van der Waals surface area contributed by atoms with Crippen molar-refractivity contribution in [1.29, 1.82) is 0 Å². The number of hydrogen-bond donors (Lipinski definition) is 1. The minimum atomic E-state index is -0.756. The first kappa shape index (κ1) is 14.3. The standard InChI is InChI=1S/C18H22O3/c1-3-12-11-18(17(20)21-2)14(9-10-15(18)19)16(12)13-7-5-4-6-8-13/h3-8,12,14-16,19H,1,9-11H2,2H3/t12-,14+,15-,16+,18+/m0/s1. The molecule has 3 rings (SSSR count). The summed E-state index contributed by atoms with van der Waals surface area (Å²) in [6.45, 7) is 3.95. The summed E-state index contributed by atoms with van der Waals surface area (Å²) in [4.78, 5) is 12.4. The maximum Gasteiger partial charge on any atom is 0.314 e. The fourth-order valence-electron chi connectivity index (χ4n) is 4.65. The van der Waals surface area contributed by atoms with E-state index in [0.717, 1.165) is 6.42 Å². The Morgan fingerprint density at radius 2 is 2.10 bits per heavy atom. The van der Waals surface area contributed by atoms with E-state index in [1.807, 2.05) is 24.3 Å². The predicted molar refractivity (Wildman–Crippen MR) is 80.7 cm³/mol. The van der Waals surface area contributed by atoms with E-state index in [4.69, 9.17) is 4.74 Å². The van der Waals surface area contributed by atoms with Crippen molar-refractivity contribution in [3.8, 4) is 0 Å². The van der Waals surface area contributed by atoms with Crippen LogP contribution in [0.4, 0.5) is 0 Å². The van der Waals surface area contributed by atoms with Gasteiger partial charge in [0, 0.05) is 0 Å². The molecule has 5 atom stereocenters. The van der Waals surface area contributed by atoms with Gasteiger partial charge in [-0.05, 0) is 42.6 Å². The second-order valence-corrected chi connectivity index (χ2v) is 6.27. The third kappa shape index (κ3) is 1.95. The fraction of sp³-hybridized carbons (Fsp3) is 0.500. The van der Waals surface area contributed by atoms with E-state index in [2.05, 4.69) is 18.7 Å². The monoisotopic (exact) mass is 286 g/mol. The number of hydrogen-bond acceptors (Lipinski definition) is 3. The molecule has 0 heterocycles. The molecule has 3 nitrogen and oxygen atoms in total. The molecule has 112 valence electrons. The predicted octanol–water partition coefficient (Wildman–Crippen LogP) is 2.91. The van der Waals surface area contributed by atoms with Crippen LogP contribution in [-0.4, -0.2) is 24.3 Å². The van der Waals surface area contributed by atoms with Gasteiger partial charge in [-0.3, -0.25) is 4.79 Å². The number of esters is 1. The molecule has 0 radical (unpaired) electrons. The van der Waals surface area contributed by atoms with Crippen LogP contribution in [0.1, 0.15) is 30.7 Å². The van der Waals surface area contributed by atoms with E-state index in [0.29, 0.717) is 12.8 Å². The zero-order valence-corrected chi connectivity index (χ0v) is 12.4. The number of aliphatic hydroxyl groups excluding tert-OH is 1.